The summed E-state index contributed by atoms with van der Waals surface area (Å²) in [5.74, 6) is 1.33. The average molecular weight is 392 g/mol. The summed E-state index contributed by atoms with van der Waals surface area (Å²) in [6.45, 7) is 3.70. The van der Waals surface area contributed by atoms with E-state index in [-0.39, 0.29) is 10.1 Å². The van der Waals surface area contributed by atoms with E-state index < -0.39 is 10.0 Å². The molecule has 3 heterocycles. The summed E-state index contributed by atoms with van der Waals surface area (Å²) in [4.78, 5) is 14.5. The number of benzene rings is 1. The van der Waals surface area contributed by atoms with Crippen molar-refractivity contribution in [3.63, 3.8) is 0 Å². The highest BCUT2D eigenvalue weighted by molar-refractivity contribution is 7.94. The highest BCUT2D eigenvalue weighted by atomic mass is 32.2. The Morgan fingerprint density at radius 3 is 2.46 bits per heavy atom. The zero-order chi connectivity index (χ0) is 18.1. The number of nitrogens with one attached hydrogen (secondary N) is 2. The van der Waals surface area contributed by atoms with Crippen molar-refractivity contribution in [3.8, 4) is 0 Å². The van der Waals surface area contributed by atoms with Gasteiger partial charge >= 0.3 is 0 Å². The van der Waals surface area contributed by atoms with E-state index >= 15 is 0 Å². The smallest absolute Gasteiger partial charge is 0.271 e. The maximum Gasteiger partial charge on any atom is 0.271 e. The predicted molar refractivity (Wildman–Crippen MR) is 102 cm³/mol. The molecule has 0 aliphatic carbocycles. The fourth-order valence-electron chi connectivity index (χ4n) is 3.66. The third-order valence-corrected chi connectivity index (χ3v) is 7.84. The molecule has 2 N–H and O–H groups in total. The zero-order valence-electron chi connectivity index (χ0n) is 14.2. The van der Waals surface area contributed by atoms with Crippen LogP contribution >= 0.6 is 11.3 Å². The first-order valence-electron chi connectivity index (χ1n) is 8.65. The average Bonchev–Trinajstić information content (AvgIpc) is 3.33. The Morgan fingerprint density at radius 2 is 1.85 bits per heavy atom. The number of carbonyl (C=O) groups excluding carboxylic acids is 1. The number of rotatable bonds is 5. The lowest BCUT2D eigenvalue weighted by Crippen LogP contribution is -2.32. The van der Waals surface area contributed by atoms with Gasteiger partial charge in [-0.1, -0.05) is 18.2 Å². The summed E-state index contributed by atoms with van der Waals surface area (Å²) >= 11 is 1.18. The fourth-order valence-corrected chi connectivity index (χ4v) is 5.71. The van der Waals surface area contributed by atoms with E-state index in [0.717, 1.165) is 31.7 Å². The number of thiophene rings is 1. The van der Waals surface area contributed by atoms with Crippen molar-refractivity contribution in [1.29, 1.82) is 0 Å². The molecule has 1 amide bonds. The van der Waals surface area contributed by atoms with E-state index in [1.54, 1.807) is 29.6 Å². The van der Waals surface area contributed by atoms with Crippen LogP contribution in [0.15, 0.2) is 46.0 Å². The molecule has 1 aromatic heterocycles. The number of hydrogen-bond donors (Lipinski definition) is 2. The van der Waals surface area contributed by atoms with Gasteiger partial charge in [-0.15, -0.1) is 11.3 Å². The number of carbonyl (C=O) groups is 1. The van der Waals surface area contributed by atoms with Crippen LogP contribution in [-0.4, -0.2) is 45.4 Å². The van der Waals surface area contributed by atoms with Gasteiger partial charge in [0.05, 0.1) is 6.42 Å². The monoisotopic (exact) mass is 391 g/mol. The standard InChI is InChI=1S/C18H21N3O3S2/c22-17(21-11-14-9-19-10-15(14)12-21)8-13-3-5-16(6-4-13)20-26(23,24)18-2-1-7-25-18/h1-7,14-15,19-20H,8-12H2/t14-,15+. The summed E-state index contributed by atoms with van der Waals surface area (Å²) in [5.41, 5.74) is 1.39. The van der Waals surface area contributed by atoms with Crippen LogP contribution < -0.4 is 10.0 Å². The van der Waals surface area contributed by atoms with Crippen molar-refractivity contribution in [2.45, 2.75) is 10.6 Å². The van der Waals surface area contributed by atoms with E-state index in [1.807, 2.05) is 17.0 Å². The molecule has 2 saturated heterocycles. The highest BCUT2D eigenvalue weighted by Gasteiger charge is 2.37. The quantitative estimate of drug-likeness (QED) is 0.814. The molecular formula is C18H21N3O3S2. The van der Waals surface area contributed by atoms with Gasteiger partial charge in [0.25, 0.3) is 10.0 Å². The minimum absolute atomic E-state index is 0.145. The number of hydrogen-bond acceptors (Lipinski definition) is 5. The van der Waals surface area contributed by atoms with E-state index in [9.17, 15) is 13.2 Å². The summed E-state index contributed by atoms with van der Waals surface area (Å²) < 4.78 is 27.3. The highest BCUT2D eigenvalue weighted by Crippen LogP contribution is 2.27. The number of fused-ring (bicyclic) bond motifs is 1. The van der Waals surface area contributed by atoms with E-state index in [2.05, 4.69) is 10.0 Å². The van der Waals surface area contributed by atoms with E-state index in [0.29, 0.717) is 23.9 Å². The van der Waals surface area contributed by atoms with Crippen molar-refractivity contribution < 1.29 is 13.2 Å². The molecule has 0 bridgehead atoms. The molecular weight excluding hydrogens is 370 g/mol. The van der Waals surface area contributed by atoms with Crippen LogP contribution in [0.1, 0.15) is 5.56 Å². The van der Waals surface area contributed by atoms with Crippen LogP contribution in [0.3, 0.4) is 0 Å². The van der Waals surface area contributed by atoms with Gasteiger partial charge in [0.1, 0.15) is 4.21 Å². The zero-order valence-corrected chi connectivity index (χ0v) is 15.9. The summed E-state index contributed by atoms with van der Waals surface area (Å²) in [7, 11) is -3.54. The minimum Gasteiger partial charge on any atom is -0.342 e. The van der Waals surface area contributed by atoms with Gasteiger partial charge < -0.3 is 10.2 Å². The van der Waals surface area contributed by atoms with Gasteiger partial charge in [0, 0.05) is 31.9 Å². The molecule has 6 nitrogen and oxygen atoms in total. The molecule has 1 aromatic carbocycles. The molecule has 8 heteroatoms. The summed E-state index contributed by atoms with van der Waals surface area (Å²) in [5, 5.41) is 5.10. The predicted octanol–water partition coefficient (Wildman–Crippen LogP) is 1.77. The van der Waals surface area contributed by atoms with Gasteiger partial charge in [-0.2, -0.15) is 0 Å². The molecule has 2 atom stereocenters. The van der Waals surface area contributed by atoms with Crippen molar-refractivity contribution in [2.75, 3.05) is 30.9 Å². The van der Waals surface area contributed by atoms with Gasteiger partial charge in [-0.05, 0) is 41.0 Å². The Labute approximate surface area is 157 Å². The summed E-state index contributed by atoms with van der Waals surface area (Å²) in [6.07, 6.45) is 0.352. The van der Waals surface area contributed by atoms with E-state index in [1.165, 1.54) is 11.3 Å². The second-order valence-electron chi connectivity index (χ2n) is 6.89. The lowest BCUT2D eigenvalue weighted by atomic mass is 10.0. The number of amides is 1. The molecule has 0 saturated carbocycles. The number of anilines is 1. The first kappa shape index (κ1) is 17.5. The van der Waals surface area contributed by atoms with Gasteiger partial charge in [0.2, 0.25) is 5.91 Å². The number of nitrogens with zero attached hydrogens (tertiary/aromatic N) is 1. The van der Waals surface area contributed by atoms with Gasteiger partial charge in [-0.25, -0.2) is 8.42 Å². The first-order valence-corrected chi connectivity index (χ1v) is 11.0. The molecule has 0 spiro atoms. The maximum atomic E-state index is 12.5. The normalized spacial score (nSPS) is 22.4. The van der Waals surface area contributed by atoms with Crippen molar-refractivity contribution in [2.24, 2.45) is 11.8 Å². The third kappa shape index (κ3) is 3.62. The Morgan fingerprint density at radius 1 is 1.15 bits per heavy atom. The largest absolute Gasteiger partial charge is 0.342 e. The Hall–Kier alpha value is -1.90. The molecule has 138 valence electrons. The van der Waals surface area contributed by atoms with Crippen LogP contribution in [0.2, 0.25) is 0 Å². The number of likely N-dealkylation sites (tertiary alicyclic amines) is 1. The first-order chi connectivity index (χ1) is 12.5. The van der Waals surface area contributed by atoms with Crippen LogP contribution in [0.5, 0.6) is 0 Å². The van der Waals surface area contributed by atoms with Crippen LogP contribution in [0, 0.1) is 11.8 Å². The molecule has 0 radical (unpaired) electrons. The lowest BCUT2D eigenvalue weighted by molar-refractivity contribution is -0.129. The molecule has 2 aromatic rings. The molecule has 4 rings (SSSR count). The molecule has 26 heavy (non-hydrogen) atoms. The van der Waals surface area contributed by atoms with Crippen molar-refractivity contribution in [1.82, 2.24) is 10.2 Å². The van der Waals surface area contributed by atoms with Crippen LogP contribution in [0.25, 0.3) is 0 Å². The molecule has 2 aliphatic heterocycles. The summed E-state index contributed by atoms with van der Waals surface area (Å²) in [6, 6.07) is 10.3. The minimum atomic E-state index is -3.54. The van der Waals surface area contributed by atoms with Gasteiger partial charge in [0.15, 0.2) is 0 Å². The second kappa shape index (κ2) is 7.02. The Balaban J connectivity index is 1.36. The number of sulfonamides is 1. The van der Waals surface area contributed by atoms with Crippen molar-refractivity contribution in [3.05, 3.63) is 47.3 Å². The molecule has 2 fully saturated rings. The Bertz CT molecular complexity index is 867. The lowest BCUT2D eigenvalue weighted by Gasteiger charge is -2.17. The van der Waals surface area contributed by atoms with Crippen molar-refractivity contribution >= 4 is 33.0 Å². The third-order valence-electron chi connectivity index (χ3n) is 5.06. The molecule has 2 aliphatic rings. The van der Waals surface area contributed by atoms with Gasteiger partial charge in [-0.3, -0.25) is 9.52 Å². The second-order valence-corrected chi connectivity index (χ2v) is 9.75. The molecule has 0 unspecified atom stereocenters. The SMILES string of the molecule is O=C(Cc1ccc(NS(=O)(=O)c2cccs2)cc1)N1C[C@H]2CNC[C@H]2C1. The topological polar surface area (TPSA) is 78.5 Å². The fraction of sp³-hybridized carbons (Fsp3) is 0.389. The van der Waals surface area contributed by atoms with Crippen LogP contribution in [0.4, 0.5) is 5.69 Å². The maximum absolute atomic E-state index is 12.5. The van der Waals surface area contributed by atoms with E-state index in [4.69, 9.17) is 0 Å². The Kier molecular flexibility index (Phi) is 4.73. The van der Waals surface area contributed by atoms with Crippen LogP contribution in [-0.2, 0) is 21.2 Å².